The van der Waals surface area contributed by atoms with Gasteiger partial charge in [-0.15, -0.1) is 0 Å². The minimum absolute atomic E-state index is 0.0734. The van der Waals surface area contributed by atoms with Crippen molar-refractivity contribution in [3.8, 4) is 11.5 Å². The van der Waals surface area contributed by atoms with Gasteiger partial charge in [0, 0.05) is 30.6 Å². The van der Waals surface area contributed by atoms with Crippen molar-refractivity contribution in [1.82, 2.24) is 14.3 Å². The summed E-state index contributed by atoms with van der Waals surface area (Å²) in [6.07, 6.45) is -3.77. The first-order chi connectivity index (χ1) is 17.8. The summed E-state index contributed by atoms with van der Waals surface area (Å²) < 4.78 is 81.9. The Kier molecular flexibility index (Phi) is 8.00. The van der Waals surface area contributed by atoms with Crippen LogP contribution in [0, 0.1) is 6.92 Å². The number of nitrogens with one attached hydrogen (secondary N) is 1. The Bertz CT molecular complexity index is 1420. The molecule has 4 rings (SSSR count). The summed E-state index contributed by atoms with van der Waals surface area (Å²) >= 11 is 0. The lowest BCUT2D eigenvalue weighted by Crippen LogP contribution is -2.47. The molecular weight excluding hydrogens is 525 g/mol. The van der Waals surface area contributed by atoms with E-state index in [-0.39, 0.29) is 26.3 Å². The van der Waals surface area contributed by atoms with Crippen LogP contribution in [0.15, 0.2) is 36.4 Å². The lowest BCUT2D eigenvalue weighted by Gasteiger charge is -2.31. The van der Waals surface area contributed by atoms with E-state index < -0.39 is 33.9 Å². The Morgan fingerprint density at radius 2 is 1.97 bits per heavy atom. The van der Waals surface area contributed by atoms with Crippen LogP contribution in [0.25, 0.3) is 10.9 Å². The molecule has 0 spiro atoms. The number of rotatable bonds is 8. The maximum absolute atomic E-state index is 13.2. The van der Waals surface area contributed by atoms with Gasteiger partial charge in [-0.2, -0.15) is 17.5 Å². The van der Waals surface area contributed by atoms with Gasteiger partial charge >= 0.3 is 6.18 Å². The zero-order valence-corrected chi connectivity index (χ0v) is 22.2. The molecule has 1 aliphatic rings. The molecule has 0 saturated carbocycles. The molecule has 2 atom stereocenters. The molecule has 2 aromatic carbocycles. The van der Waals surface area contributed by atoms with Crippen LogP contribution in [0.3, 0.4) is 0 Å². The molecule has 0 unspecified atom stereocenters. The lowest BCUT2D eigenvalue weighted by atomic mass is 10.0. The van der Waals surface area contributed by atoms with Gasteiger partial charge in [0.15, 0.2) is 11.5 Å². The zero-order valence-electron chi connectivity index (χ0n) is 21.4. The highest BCUT2D eigenvalue weighted by atomic mass is 32.2. The molecule has 1 N–H and O–H groups in total. The maximum Gasteiger partial charge on any atom is 0.416 e. The summed E-state index contributed by atoms with van der Waals surface area (Å²) in [5.74, 6) is 1.65. The number of hydrogen-bond donors (Lipinski definition) is 1. The zero-order chi connectivity index (χ0) is 27.7. The predicted molar refractivity (Wildman–Crippen MR) is 136 cm³/mol. The number of ether oxygens (including phenoxy) is 3. The number of alkyl halides is 3. The number of halogens is 3. The average molecular weight is 555 g/mol. The van der Waals surface area contributed by atoms with Gasteiger partial charge in [-0.25, -0.2) is 18.4 Å². The van der Waals surface area contributed by atoms with Crippen LogP contribution in [0.5, 0.6) is 11.5 Å². The summed E-state index contributed by atoms with van der Waals surface area (Å²) in [6.45, 7) is 4.23. The molecule has 1 aliphatic heterocycles. The van der Waals surface area contributed by atoms with Crippen LogP contribution in [-0.2, 0) is 20.9 Å². The molecule has 0 aliphatic carbocycles. The third-order valence-electron chi connectivity index (χ3n) is 6.16. The molecule has 1 fully saturated rings. The Hall–Kier alpha value is -3.16. The lowest BCUT2D eigenvalue weighted by molar-refractivity contribution is -0.137. The fraction of sp³-hybridized carbons (Fsp3) is 0.440. The average Bonchev–Trinajstić information content (AvgIpc) is 2.86. The number of hydrogen-bond acceptors (Lipinski definition) is 8. The number of aryl methyl sites for hydroxylation is 1. The van der Waals surface area contributed by atoms with E-state index in [1.807, 2.05) is 0 Å². The van der Waals surface area contributed by atoms with Crippen LogP contribution < -0.4 is 14.8 Å². The monoisotopic (exact) mass is 554 g/mol. The maximum atomic E-state index is 13.2. The fourth-order valence-electron chi connectivity index (χ4n) is 4.18. The second-order valence-electron chi connectivity index (χ2n) is 9.05. The van der Waals surface area contributed by atoms with E-state index in [4.69, 9.17) is 14.2 Å². The molecule has 0 radical (unpaired) electrons. The molecule has 0 bridgehead atoms. The van der Waals surface area contributed by atoms with Gasteiger partial charge in [-0.05, 0) is 37.6 Å². The normalized spacial score (nSPS) is 17.8. The molecule has 1 aromatic heterocycles. The minimum atomic E-state index is -4.45. The Labute approximate surface area is 219 Å². The second kappa shape index (κ2) is 10.9. The number of methoxy groups -OCH3 is 1. The highest BCUT2D eigenvalue weighted by Gasteiger charge is 2.31. The highest BCUT2D eigenvalue weighted by Crippen LogP contribution is 2.36. The molecule has 2 heterocycles. The Morgan fingerprint density at radius 3 is 2.66 bits per heavy atom. The standard InChI is InChI=1S/C25H29F3N4O5S/c1-15(17-6-5-7-18(10-17)25(26,27)28)29-24-20-11-23(22(35-3)12-21(20)30-16(2)31-24)37-14-19-13-32(8-9-36-19)38(4,33)34/h5-7,10-12,15,19H,8-9,13-14H2,1-4H3,(H,29,30,31)/t15-,19+/m1/s1. The number of anilines is 1. The molecule has 1 saturated heterocycles. The second-order valence-corrected chi connectivity index (χ2v) is 11.0. The Morgan fingerprint density at radius 1 is 1.21 bits per heavy atom. The fourth-order valence-corrected chi connectivity index (χ4v) is 5.03. The van der Waals surface area contributed by atoms with Crippen molar-refractivity contribution in [3.63, 3.8) is 0 Å². The number of sulfonamides is 1. The molecule has 0 amide bonds. The number of nitrogens with zero attached hydrogens (tertiary/aromatic N) is 3. The van der Waals surface area contributed by atoms with Crippen molar-refractivity contribution in [3.05, 3.63) is 53.3 Å². The van der Waals surface area contributed by atoms with Crippen LogP contribution in [-0.4, -0.2) is 68.5 Å². The van der Waals surface area contributed by atoms with Gasteiger partial charge in [-0.1, -0.05) is 12.1 Å². The Balaban J connectivity index is 1.61. The third kappa shape index (κ3) is 6.45. The van der Waals surface area contributed by atoms with E-state index in [1.54, 1.807) is 32.0 Å². The molecule has 9 nitrogen and oxygen atoms in total. The largest absolute Gasteiger partial charge is 0.493 e. The summed E-state index contributed by atoms with van der Waals surface area (Å²) in [5.41, 5.74) is 0.267. The van der Waals surface area contributed by atoms with E-state index in [2.05, 4.69) is 15.3 Å². The van der Waals surface area contributed by atoms with E-state index in [0.29, 0.717) is 39.6 Å². The number of benzene rings is 2. The number of morpholine rings is 1. The summed E-state index contributed by atoms with van der Waals surface area (Å²) in [4.78, 5) is 8.95. The first-order valence-corrected chi connectivity index (χ1v) is 13.7. The van der Waals surface area contributed by atoms with Crippen LogP contribution >= 0.6 is 0 Å². The van der Waals surface area contributed by atoms with Crippen LogP contribution in [0.2, 0.25) is 0 Å². The van der Waals surface area contributed by atoms with Crippen LogP contribution in [0.1, 0.15) is 29.9 Å². The van der Waals surface area contributed by atoms with Crippen LogP contribution in [0.4, 0.5) is 19.0 Å². The number of fused-ring (bicyclic) bond motifs is 1. The van der Waals surface area contributed by atoms with E-state index in [1.165, 1.54) is 17.5 Å². The highest BCUT2D eigenvalue weighted by molar-refractivity contribution is 7.88. The summed E-state index contributed by atoms with van der Waals surface area (Å²) in [6, 6.07) is 7.99. The molecule has 206 valence electrons. The van der Waals surface area contributed by atoms with Gasteiger partial charge in [0.25, 0.3) is 0 Å². The van der Waals surface area contributed by atoms with Crippen molar-refractivity contribution in [1.29, 1.82) is 0 Å². The third-order valence-corrected chi connectivity index (χ3v) is 7.43. The summed E-state index contributed by atoms with van der Waals surface area (Å²) in [7, 11) is -1.87. The van der Waals surface area contributed by atoms with E-state index in [9.17, 15) is 21.6 Å². The van der Waals surface area contributed by atoms with Crippen molar-refractivity contribution >= 4 is 26.7 Å². The van der Waals surface area contributed by atoms with Gasteiger partial charge in [-0.3, -0.25) is 0 Å². The molecular formula is C25H29F3N4O5S. The number of aromatic nitrogens is 2. The van der Waals surface area contributed by atoms with Crippen molar-refractivity contribution < 1.29 is 35.8 Å². The SMILES string of the molecule is COc1cc2nc(C)nc(N[C@H](C)c3cccc(C(F)(F)F)c3)c2cc1OC[C@@H]1CN(S(C)(=O)=O)CCO1. The van der Waals surface area contributed by atoms with Crippen molar-refractivity contribution in [2.24, 2.45) is 0 Å². The minimum Gasteiger partial charge on any atom is -0.493 e. The predicted octanol–water partition coefficient (Wildman–Crippen LogP) is 4.18. The van der Waals surface area contributed by atoms with Crippen molar-refractivity contribution in [2.75, 3.05) is 45.0 Å². The quantitative estimate of drug-likeness (QED) is 0.443. The molecule has 3 aromatic rings. The van der Waals surface area contributed by atoms with Gasteiger partial charge in [0.1, 0.15) is 24.4 Å². The molecule has 38 heavy (non-hydrogen) atoms. The first-order valence-electron chi connectivity index (χ1n) is 11.8. The topological polar surface area (TPSA) is 103 Å². The van der Waals surface area contributed by atoms with Gasteiger partial charge in [0.2, 0.25) is 10.0 Å². The first kappa shape index (κ1) is 27.9. The van der Waals surface area contributed by atoms with E-state index >= 15 is 0 Å². The van der Waals surface area contributed by atoms with Gasteiger partial charge < -0.3 is 19.5 Å². The van der Waals surface area contributed by atoms with Gasteiger partial charge in [0.05, 0.1) is 31.1 Å². The van der Waals surface area contributed by atoms with Crippen molar-refractivity contribution in [2.45, 2.75) is 32.2 Å². The summed E-state index contributed by atoms with van der Waals surface area (Å²) in [5, 5.41) is 3.78. The van der Waals surface area contributed by atoms with E-state index in [0.717, 1.165) is 18.4 Å². The smallest absolute Gasteiger partial charge is 0.416 e. The molecule has 13 heteroatoms.